The fourth-order valence-electron chi connectivity index (χ4n) is 3.65. The van der Waals surface area contributed by atoms with Crippen LogP contribution in [0.2, 0.25) is 5.02 Å². The first-order valence-corrected chi connectivity index (χ1v) is 14.0. The topological polar surface area (TPSA) is 86.8 Å². The van der Waals surface area contributed by atoms with E-state index in [0.717, 1.165) is 23.8 Å². The SMILES string of the molecule is CC[C@@H](C)NC(=O)[C@H](C)N(Cc1ccccc1C)C(=O)CCCN(c1cccc(Cl)c1)S(C)(=O)=O. The number of aryl methyl sites for hydroxylation is 1. The highest BCUT2D eigenvalue weighted by molar-refractivity contribution is 7.92. The molecule has 2 atom stereocenters. The molecule has 2 amide bonds. The summed E-state index contributed by atoms with van der Waals surface area (Å²) in [5.41, 5.74) is 2.44. The Morgan fingerprint density at radius 2 is 1.77 bits per heavy atom. The van der Waals surface area contributed by atoms with E-state index in [0.29, 0.717) is 23.7 Å². The molecule has 0 unspecified atom stereocenters. The molecule has 35 heavy (non-hydrogen) atoms. The van der Waals surface area contributed by atoms with Gasteiger partial charge < -0.3 is 10.2 Å². The molecule has 192 valence electrons. The Morgan fingerprint density at radius 3 is 2.37 bits per heavy atom. The number of carbonyl (C=O) groups is 2. The molecule has 0 saturated heterocycles. The molecule has 0 radical (unpaired) electrons. The summed E-state index contributed by atoms with van der Waals surface area (Å²) in [4.78, 5) is 27.8. The van der Waals surface area contributed by atoms with E-state index in [1.807, 2.05) is 45.0 Å². The molecule has 0 aliphatic rings. The first kappa shape index (κ1) is 28.7. The highest BCUT2D eigenvalue weighted by atomic mass is 35.5. The largest absolute Gasteiger partial charge is 0.352 e. The van der Waals surface area contributed by atoms with Crippen LogP contribution in [0.4, 0.5) is 5.69 Å². The van der Waals surface area contributed by atoms with E-state index in [-0.39, 0.29) is 30.8 Å². The van der Waals surface area contributed by atoms with Crippen molar-refractivity contribution in [1.82, 2.24) is 10.2 Å². The number of nitrogens with one attached hydrogen (secondary N) is 1. The second-order valence-electron chi connectivity index (χ2n) is 8.86. The number of benzene rings is 2. The first-order valence-electron chi connectivity index (χ1n) is 11.8. The summed E-state index contributed by atoms with van der Waals surface area (Å²) in [7, 11) is -3.57. The minimum Gasteiger partial charge on any atom is -0.352 e. The van der Waals surface area contributed by atoms with Gasteiger partial charge in [0.15, 0.2) is 0 Å². The highest BCUT2D eigenvalue weighted by Gasteiger charge is 2.27. The van der Waals surface area contributed by atoms with Gasteiger partial charge in [0, 0.05) is 30.6 Å². The summed E-state index contributed by atoms with van der Waals surface area (Å²) >= 11 is 6.05. The van der Waals surface area contributed by atoms with Gasteiger partial charge in [0.2, 0.25) is 21.8 Å². The molecule has 0 aliphatic heterocycles. The van der Waals surface area contributed by atoms with Crippen molar-refractivity contribution in [3.05, 3.63) is 64.7 Å². The number of hydrogen-bond acceptors (Lipinski definition) is 4. The maximum atomic E-state index is 13.3. The Balaban J connectivity index is 2.19. The van der Waals surface area contributed by atoms with Crippen molar-refractivity contribution >= 4 is 39.1 Å². The number of rotatable bonds is 12. The Hall–Kier alpha value is -2.58. The molecular formula is C26H36ClN3O4S. The lowest BCUT2D eigenvalue weighted by atomic mass is 10.1. The zero-order valence-corrected chi connectivity index (χ0v) is 22.7. The Morgan fingerprint density at radius 1 is 1.09 bits per heavy atom. The summed E-state index contributed by atoms with van der Waals surface area (Å²) in [6.07, 6.45) is 2.30. The zero-order valence-electron chi connectivity index (χ0n) is 21.1. The minimum atomic E-state index is -3.57. The van der Waals surface area contributed by atoms with E-state index in [1.165, 1.54) is 4.31 Å². The Bertz CT molecular complexity index is 1120. The molecule has 0 heterocycles. The van der Waals surface area contributed by atoms with E-state index in [1.54, 1.807) is 36.1 Å². The van der Waals surface area contributed by atoms with E-state index in [2.05, 4.69) is 5.32 Å². The van der Waals surface area contributed by atoms with Gasteiger partial charge in [-0.2, -0.15) is 0 Å². The second-order valence-corrected chi connectivity index (χ2v) is 11.2. The normalized spacial score (nSPS) is 13.1. The number of amides is 2. The summed E-state index contributed by atoms with van der Waals surface area (Å²) in [5.74, 6) is -0.419. The van der Waals surface area contributed by atoms with Crippen molar-refractivity contribution in [1.29, 1.82) is 0 Å². The van der Waals surface area contributed by atoms with Crippen molar-refractivity contribution in [3.63, 3.8) is 0 Å². The van der Waals surface area contributed by atoms with Gasteiger partial charge in [-0.25, -0.2) is 8.42 Å². The lowest BCUT2D eigenvalue weighted by Crippen LogP contribution is -2.49. The third kappa shape index (κ3) is 8.54. The summed E-state index contributed by atoms with van der Waals surface area (Å²) < 4.78 is 26.0. The van der Waals surface area contributed by atoms with Crippen molar-refractivity contribution in [2.75, 3.05) is 17.1 Å². The van der Waals surface area contributed by atoms with Crippen LogP contribution in [-0.4, -0.2) is 50.0 Å². The molecule has 2 rings (SSSR count). The van der Waals surface area contributed by atoms with Crippen molar-refractivity contribution in [2.24, 2.45) is 0 Å². The van der Waals surface area contributed by atoms with Crippen LogP contribution in [0, 0.1) is 6.92 Å². The molecular weight excluding hydrogens is 486 g/mol. The average Bonchev–Trinajstić information content (AvgIpc) is 2.79. The van der Waals surface area contributed by atoms with Crippen LogP contribution >= 0.6 is 11.6 Å². The van der Waals surface area contributed by atoms with Crippen LogP contribution < -0.4 is 9.62 Å². The second kappa shape index (κ2) is 12.9. The van der Waals surface area contributed by atoms with E-state index < -0.39 is 16.1 Å². The van der Waals surface area contributed by atoms with Gasteiger partial charge >= 0.3 is 0 Å². The highest BCUT2D eigenvalue weighted by Crippen LogP contribution is 2.23. The van der Waals surface area contributed by atoms with Gasteiger partial charge in [0.05, 0.1) is 11.9 Å². The van der Waals surface area contributed by atoms with Crippen molar-refractivity contribution < 1.29 is 18.0 Å². The lowest BCUT2D eigenvalue weighted by molar-refractivity contribution is -0.140. The molecule has 2 aromatic rings. The average molecular weight is 522 g/mol. The maximum absolute atomic E-state index is 13.3. The number of nitrogens with zero attached hydrogens (tertiary/aromatic N) is 2. The molecule has 0 spiro atoms. The predicted octanol–water partition coefficient (Wildman–Crippen LogP) is 4.53. The molecule has 7 nitrogen and oxygen atoms in total. The minimum absolute atomic E-state index is 0.00128. The van der Waals surface area contributed by atoms with Crippen molar-refractivity contribution in [2.45, 2.75) is 65.6 Å². The van der Waals surface area contributed by atoms with Crippen molar-refractivity contribution in [3.8, 4) is 0 Å². The number of halogens is 1. The van der Waals surface area contributed by atoms with Crippen LogP contribution in [0.5, 0.6) is 0 Å². The maximum Gasteiger partial charge on any atom is 0.242 e. The van der Waals surface area contributed by atoms with E-state index in [4.69, 9.17) is 11.6 Å². The third-order valence-corrected chi connectivity index (χ3v) is 7.45. The quantitative estimate of drug-likeness (QED) is 0.444. The summed E-state index contributed by atoms with van der Waals surface area (Å²) in [5, 5.41) is 3.38. The fraction of sp³-hybridized carbons (Fsp3) is 0.462. The van der Waals surface area contributed by atoms with E-state index in [9.17, 15) is 18.0 Å². The van der Waals surface area contributed by atoms with Gasteiger partial charge in [0.25, 0.3) is 0 Å². The van der Waals surface area contributed by atoms with Crippen LogP contribution in [0.1, 0.15) is 51.2 Å². The summed E-state index contributed by atoms with van der Waals surface area (Å²) in [6, 6.07) is 13.7. The third-order valence-electron chi connectivity index (χ3n) is 6.02. The van der Waals surface area contributed by atoms with Gasteiger partial charge in [-0.15, -0.1) is 0 Å². The number of hydrogen-bond donors (Lipinski definition) is 1. The van der Waals surface area contributed by atoms with Crippen LogP contribution in [-0.2, 0) is 26.2 Å². The molecule has 0 saturated carbocycles. The molecule has 0 aromatic heterocycles. The number of carbonyl (C=O) groups excluding carboxylic acids is 2. The molecule has 0 aliphatic carbocycles. The van der Waals surface area contributed by atoms with Crippen LogP contribution in [0.3, 0.4) is 0 Å². The van der Waals surface area contributed by atoms with E-state index >= 15 is 0 Å². The molecule has 9 heteroatoms. The molecule has 0 bridgehead atoms. The molecule has 0 fully saturated rings. The Labute approximate surface area is 214 Å². The van der Waals surface area contributed by atoms with Gasteiger partial charge in [-0.05, 0) is 62.9 Å². The number of anilines is 1. The van der Waals surface area contributed by atoms with Gasteiger partial charge in [-0.1, -0.05) is 48.9 Å². The lowest BCUT2D eigenvalue weighted by Gasteiger charge is -2.30. The molecule has 2 aromatic carbocycles. The predicted molar refractivity (Wildman–Crippen MR) is 142 cm³/mol. The van der Waals surface area contributed by atoms with Crippen LogP contribution in [0.15, 0.2) is 48.5 Å². The monoisotopic (exact) mass is 521 g/mol. The molecule has 1 N–H and O–H groups in total. The van der Waals surface area contributed by atoms with Crippen LogP contribution in [0.25, 0.3) is 0 Å². The summed E-state index contributed by atoms with van der Waals surface area (Å²) in [6.45, 7) is 8.02. The Kier molecular flexibility index (Phi) is 10.6. The van der Waals surface area contributed by atoms with Gasteiger partial charge in [-0.3, -0.25) is 13.9 Å². The zero-order chi connectivity index (χ0) is 26.2. The first-order chi connectivity index (χ1) is 16.4. The van der Waals surface area contributed by atoms with Gasteiger partial charge in [0.1, 0.15) is 6.04 Å². The standard InChI is InChI=1S/C26H36ClN3O4S/c1-6-20(3)28-26(32)21(4)29(18-22-12-8-7-11-19(22)2)25(31)15-10-16-30(35(5,33)34)24-14-9-13-23(27)17-24/h7-9,11-14,17,20-21H,6,10,15-16,18H2,1-5H3,(H,28,32)/t20-,21+/m1/s1. The smallest absolute Gasteiger partial charge is 0.242 e. The number of sulfonamides is 1. The fourth-order valence-corrected chi connectivity index (χ4v) is 4.80.